The minimum atomic E-state index is 0.0192. The van der Waals surface area contributed by atoms with E-state index in [9.17, 15) is 9.59 Å². The first-order valence-corrected chi connectivity index (χ1v) is 11.6. The van der Waals surface area contributed by atoms with Crippen LogP contribution in [0, 0.1) is 19.8 Å². The Morgan fingerprint density at radius 1 is 1.30 bits per heavy atom. The number of rotatable bonds is 6. The van der Waals surface area contributed by atoms with Crippen LogP contribution < -0.4 is 10.9 Å². The molecule has 0 aliphatic heterocycles. The lowest BCUT2D eigenvalue weighted by Crippen LogP contribution is -2.37. The average molecular weight is 408 g/mol. The largest absolute Gasteiger partial charge is 0.353 e. The fraction of sp³-hybridized carbons (Fsp3) is 0.650. The van der Waals surface area contributed by atoms with Gasteiger partial charge in [0.1, 0.15) is 4.83 Å². The predicted molar refractivity (Wildman–Crippen MR) is 114 cm³/mol. The van der Waals surface area contributed by atoms with Crippen LogP contribution in [0.2, 0.25) is 0 Å². The van der Waals surface area contributed by atoms with Gasteiger partial charge in [-0.1, -0.05) is 44.9 Å². The Hall–Kier alpha value is -1.34. The molecular weight excluding hydrogens is 378 g/mol. The molecule has 1 fully saturated rings. The van der Waals surface area contributed by atoms with Crippen LogP contribution in [0.25, 0.3) is 10.2 Å². The minimum absolute atomic E-state index is 0.0192. The molecule has 7 heteroatoms. The molecule has 2 heterocycles. The molecular formula is C20H29N3O2S2. The van der Waals surface area contributed by atoms with Crippen LogP contribution in [-0.4, -0.2) is 27.3 Å². The topological polar surface area (TPSA) is 64.0 Å². The summed E-state index contributed by atoms with van der Waals surface area (Å²) in [4.78, 5) is 32.1. The molecule has 1 N–H and O–H groups in total. The highest BCUT2D eigenvalue weighted by Crippen LogP contribution is 2.28. The van der Waals surface area contributed by atoms with Crippen LogP contribution in [0.5, 0.6) is 0 Å². The van der Waals surface area contributed by atoms with Gasteiger partial charge in [0, 0.05) is 17.5 Å². The van der Waals surface area contributed by atoms with Gasteiger partial charge in [-0.15, -0.1) is 11.3 Å². The van der Waals surface area contributed by atoms with E-state index in [4.69, 9.17) is 4.98 Å². The second-order valence-corrected chi connectivity index (χ2v) is 10.0. The highest BCUT2D eigenvalue weighted by atomic mass is 32.2. The van der Waals surface area contributed by atoms with Crippen molar-refractivity contribution in [3.8, 4) is 0 Å². The third-order valence-corrected chi connectivity index (χ3v) is 7.18. The lowest BCUT2D eigenvalue weighted by atomic mass is 9.95. The summed E-state index contributed by atoms with van der Waals surface area (Å²) < 4.78 is 1.75. The molecule has 1 saturated carbocycles. The van der Waals surface area contributed by atoms with E-state index in [1.165, 1.54) is 31.0 Å². The fourth-order valence-electron chi connectivity index (χ4n) is 3.59. The van der Waals surface area contributed by atoms with Crippen molar-refractivity contribution < 1.29 is 4.79 Å². The van der Waals surface area contributed by atoms with Crippen LogP contribution in [0.1, 0.15) is 56.4 Å². The third kappa shape index (κ3) is 4.74. The van der Waals surface area contributed by atoms with E-state index >= 15 is 0 Å². The van der Waals surface area contributed by atoms with Crippen molar-refractivity contribution in [2.45, 2.75) is 77.5 Å². The maximum absolute atomic E-state index is 13.1. The van der Waals surface area contributed by atoms with E-state index in [-0.39, 0.29) is 11.5 Å². The van der Waals surface area contributed by atoms with Crippen molar-refractivity contribution in [3.63, 3.8) is 0 Å². The van der Waals surface area contributed by atoms with Gasteiger partial charge in [-0.05, 0) is 38.2 Å². The number of nitrogens with zero attached hydrogens (tertiary/aromatic N) is 2. The molecule has 1 aliphatic rings. The van der Waals surface area contributed by atoms with Gasteiger partial charge in [-0.25, -0.2) is 4.98 Å². The summed E-state index contributed by atoms with van der Waals surface area (Å²) in [6, 6.07) is 0.308. The van der Waals surface area contributed by atoms with Gasteiger partial charge in [-0.2, -0.15) is 0 Å². The number of aryl methyl sites for hydroxylation is 2. The summed E-state index contributed by atoms with van der Waals surface area (Å²) >= 11 is 2.94. The maximum atomic E-state index is 13.1. The molecule has 0 unspecified atom stereocenters. The highest BCUT2D eigenvalue weighted by molar-refractivity contribution is 7.99. The molecule has 2 aromatic heterocycles. The molecule has 0 saturated heterocycles. The van der Waals surface area contributed by atoms with E-state index in [0.717, 1.165) is 33.5 Å². The van der Waals surface area contributed by atoms with Gasteiger partial charge in [-0.3, -0.25) is 14.2 Å². The molecule has 5 nitrogen and oxygen atoms in total. The van der Waals surface area contributed by atoms with Crippen molar-refractivity contribution in [2.75, 3.05) is 5.75 Å². The molecule has 1 aliphatic carbocycles. The second-order valence-electron chi connectivity index (χ2n) is 7.86. The van der Waals surface area contributed by atoms with Gasteiger partial charge in [0.05, 0.1) is 11.1 Å². The number of carbonyl (C=O) groups excluding carboxylic acids is 1. The normalized spacial score (nSPS) is 15.6. The van der Waals surface area contributed by atoms with E-state index in [1.807, 2.05) is 13.8 Å². The number of thioether (sulfide) groups is 1. The Morgan fingerprint density at radius 2 is 2.00 bits per heavy atom. The third-order valence-electron chi connectivity index (χ3n) is 5.10. The molecule has 0 bridgehead atoms. The number of aromatic nitrogens is 2. The van der Waals surface area contributed by atoms with Crippen molar-refractivity contribution in [2.24, 2.45) is 5.92 Å². The van der Waals surface area contributed by atoms with Crippen LogP contribution >= 0.6 is 23.1 Å². The molecule has 27 heavy (non-hydrogen) atoms. The second kappa shape index (κ2) is 8.78. The number of fused-ring (bicyclic) bond motifs is 1. The quantitative estimate of drug-likeness (QED) is 0.574. The monoisotopic (exact) mass is 407 g/mol. The molecule has 0 radical (unpaired) electrons. The summed E-state index contributed by atoms with van der Waals surface area (Å²) in [5.74, 6) is 0.670. The Labute approximate surface area is 169 Å². The zero-order valence-corrected chi connectivity index (χ0v) is 18.3. The number of amides is 1. The summed E-state index contributed by atoms with van der Waals surface area (Å²) in [5, 5.41) is 4.53. The lowest BCUT2D eigenvalue weighted by Gasteiger charge is -2.22. The summed E-state index contributed by atoms with van der Waals surface area (Å²) in [5.41, 5.74) is 1.04. The molecule has 0 spiro atoms. The molecule has 3 rings (SSSR count). The smallest absolute Gasteiger partial charge is 0.263 e. The van der Waals surface area contributed by atoms with Crippen molar-refractivity contribution in [1.82, 2.24) is 14.9 Å². The van der Waals surface area contributed by atoms with Gasteiger partial charge in [0.25, 0.3) is 5.56 Å². The van der Waals surface area contributed by atoms with Gasteiger partial charge in [0.2, 0.25) is 5.91 Å². The van der Waals surface area contributed by atoms with Crippen LogP contribution in [0.4, 0.5) is 0 Å². The van der Waals surface area contributed by atoms with Crippen molar-refractivity contribution >= 4 is 39.2 Å². The number of nitrogens with one attached hydrogen (secondary N) is 1. The van der Waals surface area contributed by atoms with E-state index in [1.54, 1.807) is 15.9 Å². The van der Waals surface area contributed by atoms with Crippen molar-refractivity contribution in [3.05, 3.63) is 20.8 Å². The Bertz CT molecular complexity index is 879. The Balaban J connectivity index is 1.81. The molecule has 0 atom stereocenters. The Morgan fingerprint density at radius 3 is 2.67 bits per heavy atom. The molecule has 148 valence electrons. The highest BCUT2D eigenvalue weighted by Gasteiger charge is 2.20. The first kappa shape index (κ1) is 20.4. The lowest BCUT2D eigenvalue weighted by molar-refractivity contribution is -0.119. The van der Waals surface area contributed by atoms with E-state index in [2.05, 4.69) is 19.2 Å². The van der Waals surface area contributed by atoms with Gasteiger partial charge < -0.3 is 5.32 Å². The van der Waals surface area contributed by atoms with Crippen LogP contribution in [0.3, 0.4) is 0 Å². The zero-order valence-electron chi connectivity index (χ0n) is 16.6. The SMILES string of the molecule is Cc1sc2nc(SCC(=O)NC3CCCCC3)n(CC(C)C)c(=O)c2c1C. The first-order valence-electron chi connectivity index (χ1n) is 9.79. The maximum Gasteiger partial charge on any atom is 0.263 e. The first-order chi connectivity index (χ1) is 12.9. The molecule has 2 aromatic rings. The predicted octanol–water partition coefficient (Wildman–Crippen LogP) is 4.27. The summed E-state index contributed by atoms with van der Waals surface area (Å²) in [7, 11) is 0. The number of carbonyl (C=O) groups is 1. The average Bonchev–Trinajstić information content (AvgIpc) is 2.91. The summed E-state index contributed by atoms with van der Waals surface area (Å²) in [6.45, 7) is 8.81. The number of hydrogen-bond acceptors (Lipinski definition) is 5. The summed E-state index contributed by atoms with van der Waals surface area (Å²) in [6.07, 6.45) is 5.81. The fourth-order valence-corrected chi connectivity index (χ4v) is 5.48. The van der Waals surface area contributed by atoms with E-state index in [0.29, 0.717) is 29.4 Å². The van der Waals surface area contributed by atoms with Crippen LogP contribution in [-0.2, 0) is 11.3 Å². The van der Waals surface area contributed by atoms with Gasteiger partial charge >= 0.3 is 0 Å². The molecule has 1 amide bonds. The number of thiophene rings is 1. The standard InChI is InChI=1S/C20H29N3O2S2/c1-12(2)10-23-19(25)17-13(3)14(4)27-18(17)22-20(23)26-11-16(24)21-15-8-6-5-7-9-15/h12,15H,5-11H2,1-4H3,(H,21,24). The van der Waals surface area contributed by atoms with Crippen molar-refractivity contribution in [1.29, 1.82) is 0 Å². The minimum Gasteiger partial charge on any atom is -0.353 e. The van der Waals surface area contributed by atoms with Crippen LogP contribution in [0.15, 0.2) is 9.95 Å². The zero-order chi connectivity index (χ0) is 19.6. The molecule has 0 aromatic carbocycles. The van der Waals surface area contributed by atoms with E-state index < -0.39 is 0 Å². The van der Waals surface area contributed by atoms with Gasteiger partial charge in [0.15, 0.2) is 5.16 Å². The Kier molecular flexibility index (Phi) is 6.63. The number of hydrogen-bond donors (Lipinski definition) is 1.